The lowest BCUT2D eigenvalue weighted by Gasteiger charge is -2.35. The second kappa shape index (κ2) is 7.56. The molecule has 144 valence electrons. The highest BCUT2D eigenvalue weighted by atomic mass is 15.2. The number of imidazole rings is 1. The molecule has 1 aromatic carbocycles. The van der Waals surface area contributed by atoms with Crippen LogP contribution in [0.25, 0.3) is 11.5 Å². The van der Waals surface area contributed by atoms with Gasteiger partial charge in [0.1, 0.15) is 5.69 Å². The maximum absolute atomic E-state index is 4.65. The first-order chi connectivity index (χ1) is 14.3. The highest BCUT2D eigenvalue weighted by Gasteiger charge is 2.31. The van der Waals surface area contributed by atoms with Gasteiger partial charge in [-0.2, -0.15) is 0 Å². The van der Waals surface area contributed by atoms with E-state index in [1.807, 2.05) is 30.6 Å². The molecule has 29 heavy (non-hydrogen) atoms. The van der Waals surface area contributed by atoms with Crippen molar-refractivity contribution in [2.24, 2.45) is 0 Å². The molecule has 1 aliphatic heterocycles. The Kier molecular flexibility index (Phi) is 4.62. The second-order valence-electron chi connectivity index (χ2n) is 7.43. The first-order valence-corrected chi connectivity index (χ1v) is 9.83. The van der Waals surface area contributed by atoms with Crippen LogP contribution in [0.1, 0.15) is 34.1 Å². The van der Waals surface area contributed by atoms with Crippen LogP contribution in [-0.2, 0) is 13.0 Å². The highest BCUT2D eigenvalue weighted by molar-refractivity contribution is 5.47. The Bertz CT molecular complexity index is 1090. The van der Waals surface area contributed by atoms with Crippen LogP contribution in [-0.4, -0.2) is 36.4 Å². The molecule has 5 rings (SSSR count). The monoisotopic (exact) mass is 382 g/mol. The average molecular weight is 382 g/mol. The molecule has 0 bridgehead atoms. The van der Waals surface area contributed by atoms with Crippen molar-refractivity contribution in [3.05, 3.63) is 95.5 Å². The fraction of sp³-hybridized carbons (Fsp3) is 0.217. The topological polar surface area (TPSA) is 70.6 Å². The molecule has 0 saturated carbocycles. The predicted octanol–water partition coefficient (Wildman–Crippen LogP) is 3.72. The maximum atomic E-state index is 4.65. The summed E-state index contributed by atoms with van der Waals surface area (Å²) in [6.07, 6.45) is 8.34. The van der Waals surface area contributed by atoms with Crippen molar-refractivity contribution in [2.45, 2.75) is 25.9 Å². The number of nitrogens with zero attached hydrogens (tertiary/aromatic N) is 5. The molecule has 1 atom stereocenters. The van der Waals surface area contributed by atoms with Crippen LogP contribution < -0.4 is 0 Å². The molecule has 6 nitrogen and oxygen atoms in total. The minimum Gasteiger partial charge on any atom is -0.348 e. The third kappa shape index (κ3) is 3.54. The molecule has 0 aliphatic carbocycles. The number of aromatic nitrogens is 5. The van der Waals surface area contributed by atoms with Crippen LogP contribution in [0.2, 0.25) is 0 Å². The van der Waals surface area contributed by atoms with Crippen molar-refractivity contribution in [3.8, 4) is 11.5 Å². The largest absolute Gasteiger partial charge is 0.348 e. The fourth-order valence-electron chi connectivity index (χ4n) is 3.91. The molecule has 6 heteroatoms. The highest BCUT2D eigenvalue weighted by Crippen LogP contribution is 2.34. The molecular weight excluding hydrogens is 360 g/mol. The number of H-pyrrole nitrogens is 1. The number of aryl methyl sites for hydroxylation is 1. The predicted molar refractivity (Wildman–Crippen MR) is 111 cm³/mol. The average Bonchev–Trinajstić information content (AvgIpc) is 3.24. The van der Waals surface area contributed by atoms with Crippen LogP contribution in [0.3, 0.4) is 0 Å². The Labute approximate surface area is 169 Å². The third-order valence-electron chi connectivity index (χ3n) is 5.40. The van der Waals surface area contributed by atoms with Gasteiger partial charge in [-0.1, -0.05) is 35.9 Å². The van der Waals surface area contributed by atoms with Gasteiger partial charge in [0.05, 0.1) is 18.1 Å². The van der Waals surface area contributed by atoms with E-state index in [-0.39, 0.29) is 6.04 Å². The molecular formula is C23H22N6. The van der Waals surface area contributed by atoms with E-state index in [9.17, 15) is 0 Å². The summed E-state index contributed by atoms with van der Waals surface area (Å²) in [5.41, 5.74) is 6.74. The van der Waals surface area contributed by atoms with E-state index in [1.54, 1.807) is 12.5 Å². The summed E-state index contributed by atoms with van der Waals surface area (Å²) in [4.78, 5) is 23.8. The normalized spacial score (nSPS) is 16.5. The molecule has 0 saturated heterocycles. The number of pyridine rings is 1. The lowest BCUT2D eigenvalue weighted by molar-refractivity contribution is 0.200. The van der Waals surface area contributed by atoms with Crippen molar-refractivity contribution >= 4 is 0 Å². The van der Waals surface area contributed by atoms with E-state index >= 15 is 0 Å². The van der Waals surface area contributed by atoms with Gasteiger partial charge >= 0.3 is 0 Å². The minimum atomic E-state index is 0.126. The SMILES string of the molecule is Cc1ccc([C@@H]2c3nc[nH]c3CCN2Cc2cnc(-c3ccccn3)nc2)cc1. The lowest BCUT2D eigenvalue weighted by Crippen LogP contribution is -2.35. The zero-order valence-corrected chi connectivity index (χ0v) is 16.3. The molecule has 1 N–H and O–H groups in total. The molecule has 4 heterocycles. The van der Waals surface area contributed by atoms with Crippen molar-refractivity contribution < 1.29 is 0 Å². The van der Waals surface area contributed by atoms with Crippen LogP contribution in [0, 0.1) is 6.92 Å². The molecule has 0 spiro atoms. The van der Waals surface area contributed by atoms with Gasteiger partial charge in [0, 0.05) is 49.4 Å². The molecule has 0 unspecified atom stereocenters. The van der Waals surface area contributed by atoms with Gasteiger partial charge in [-0.05, 0) is 24.6 Å². The van der Waals surface area contributed by atoms with Crippen molar-refractivity contribution in [2.75, 3.05) is 6.54 Å². The first kappa shape index (κ1) is 17.7. The maximum Gasteiger partial charge on any atom is 0.178 e. The number of rotatable bonds is 4. The van der Waals surface area contributed by atoms with Gasteiger partial charge < -0.3 is 4.98 Å². The second-order valence-corrected chi connectivity index (χ2v) is 7.43. The van der Waals surface area contributed by atoms with Crippen LogP contribution in [0.4, 0.5) is 0 Å². The number of nitrogens with one attached hydrogen (secondary N) is 1. The van der Waals surface area contributed by atoms with E-state index in [2.05, 4.69) is 61.0 Å². The van der Waals surface area contributed by atoms with E-state index in [0.717, 1.165) is 36.5 Å². The van der Waals surface area contributed by atoms with Crippen LogP contribution >= 0.6 is 0 Å². The van der Waals surface area contributed by atoms with E-state index in [0.29, 0.717) is 5.82 Å². The van der Waals surface area contributed by atoms with Gasteiger partial charge in [0.15, 0.2) is 5.82 Å². The molecule has 0 fully saturated rings. The Hall–Kier alpha value is -3.38. The molecule has 3 aromatic heterocycles. The van der Waals surface area contributed by atoms with E-state index in [1.165, 1.54) is 16.8 Å². The van der Waals surface area contributed by atoms with Gasteiger partial charge in [-0.15, -0.1) is 0 Å². The number of fused-ring (bicyclic) bond motifs is 1. The summed E-state index contributed by atoms with van der Waals surface area (Å²) < 4.78 is 0. The first-order valence-electron chi connectivity index (χ1n) is 9.83. The Morgan fingerprint density at radius 2 is 1.83 bits per heavy atom. The molecule has 0 radical (unpaired) electrons. The smallest absolute Gasteiger partial charge is 0.178 e. The lowest BCUT2D eigenvalue weighted by atomic mass is 9.94. The van der Waals surface area contributed by atoms with Crippen molar-refractivity contribution in [1.82, 2.24) is 29.8 Å². The summed E-state index contributed by atoms with van der Waals surface area (Å²) in [5, 5.41) is 0. The van der Waals surface area contributed by atoms with Gasteiger partial charge in [0.2, 0.25) is 0 Å². The van der Waals surface area contributed by atoms with Crippen molar-refractivity contribution in [1.29, 1.82) is 0 Å². The number of aromatic amines is 1. The zero-order chi connectivity index (χ0) is 19.6. The standard InChI is InChI=1S/C23H22N6/c1-16-5-7-18(8-6-16)22-21-19(27-15-28-21)9-11-29(22)14-17-12-25-23(26-13-17)20-4-2-3-10-24-20/h2-8,10,12-13,15,22H,9,11,14H2,1H3,(H,27,28)/t22-/m1/s1. The summed E-state index contributed by atoms with van der Waals surface area (Å²) >= 11 is 0. The Morgan fingerprint density at radius 3 is 2.59 bits per heavy atom. The van der Waals surface area contributed by atoms with Gasteiger partial charge in [-0.3, -0.25) is 9.88 Å². The molecule has 1 aliphatic rings. The quantitative estimate of drug-likeness (QED) is 0.582. The number of benzene rings is 1. The zero-order valence-electron chi connectivity index (χ0n) is 16.3. The van der Waals surface area contributed by atoms with E-state index in [4.69, 9.17) is 0 Å². The minimum absolute atomic E-state index is 0.126. The molecule has 0 amide bonds. The molecule has 4 aromatic rings. The fourth-order valence-corrected chi connectivity index (χ4v) is 3.91. The Morgan fingerprint density at radius 1 is 1.00 bits per heavy atom. The van der Waals surface area contributed by atoms with Crippen LogP contribution in [0.5, 0.6) is 0 Å². The van der Waals surface area contributed by atoms with Gasteiger partial charge in [0.25, 0.3) is 0 Å². The number of hydrogen-bond donors (Lipinski definition) is 1. The summed E-state index contributed by atoms with van der Waals surface area (Å²) in [6.45, 7) is 3.84. The van der Waals surface area contributed by atoms with E-state index < -0.39 is 0 Å². The number of hydrogen-bond acceptors (Lipinski definition) is 5. The summed E-state index contributed by atoms with van der Waals surface area (Å²) in [5.74, 6) is 0.651. The third-order valence-corrected chi connectivity index (χ3v) is 5.40. The summed E-state index contributed by atoms with van der Waals surface area (Å²) in [7, 11) is 0. The Balaban J connectivity index is 1.43. The van der Waals surface area contributed by atoms with Crippen LogP contribution in [0.15, 0.2) is 67.4 Å². The van der Waals surface area contributed by atoms with Crippen molar-refractivity contribution in [3.63, 3.8) is 0 Å². The summed E-state index contributed by atoms with van der Waals surface area (Å²) in [6, 6.07) is 14.6. The van der Waals surface area contributed by atoms with Gasteiger partial charge in [-0.25, -0.2) is 15.0 Å².